The van der Waals surface area contributed by atoms with Crippen molar-refractivity contribution in [2.75, 3.05) is 26.7 Å². The molecule has 1 heterocycles. The van der Waals surface area contributed by atoms with E-state index in [2.05, 4.69) is 38.0 Å². The van der Waals surface area contributed by atoms with E-state index in [1.54, 1.807) is 0 Å². The lowest BCUT2D eigenvalue weighted by atomic mass is 9.80. The van der Waals surface area contributed by atoms with Crippen LogP contribution in [0.4, 0.5) is 0 Å². The van der Waals surface area contributed by atoms with Gasteiger partial charge in [0.1, 0.15) is 0 Å². The Morgan fingerprint density at radius 1 is 1.36 bits per heavy atom. The van der Waals surface area contributed by atoms with Crippen molar-refractivity contribution in [2.45, 2.75) is 46.1 Å². The summed E-state index contributed by atoms with van der Waals surface area (Å²) in [5, 5.41) is 3.44. The molecule has 1 rings (SSSR count). The lowest BCUT2D eigenvalue weighted by Crippen LogP contribution is -2.44. The van der Waals surface area contributed by atoms with Crippen molar-refractivity contribution in [1.29, 1.82) is 0 Å². The van der Waals surface area contributed by atoms with Crippen LogP contribution in [-0.4, -0.2) is 37.6 Å². The molecule has 1 aliphatic heterocycles. The minimum Gasteiger partial charge on any atom is -0.317 e. The first-order valence-electron chi connectivity index (χ1n) is 5.98. The molecule has 1 saturated heterocycles. The van der Waals surface area contributed by atoms with Gasteiger partial charge >= 0.3 is 0 Å². The van der Waals surface area contributed by atoms with Crippen molar-refractivity contribution in [2.24, 2.45) is 5.41 Å². The van der Waals surface area contributed by atoms with Crippen molar-refractivity contribution in [3.05, 3.63) is 0 Å². The molecule has 2 heteroatoms. The van der Waals surface area contributed by atoms with Gasteiger partial charge in [-0.05, 0) is 51.7 Å². The number of hydrogen-bond donors (Lipinski definition) is 1. The van der Waals surface area contributed by atoms with Gasteiger partial charge in [-0.2, -0.15) is 0 Å². The third-order valence-electron chi connectivity index (χ3n) is 3.79. The van der Waals surface area contributed by atoms with Crippen LogP contribution in [0.2, 0.25) is 0 Å². The molecule has 1 aliphatic rings. The molecule has 0 spiro atoms. The molecule has 0 aliphatic carbocycles. The molecule has 0 saturated carbocycles. The third kappa shape index (κ3) is 3.25. The lowest BCUT2D eigenvalue weighted by Gasteiger charge is -2.39. The predicted octanol–water partition coefficient (Wildman–Crippen LogP) is 2.11. The highest BCUT2D eigenvalue weighted by Gasteiger charge is 2.28. The van der Waals surface area contributed by atoms with Gasteiger partial charge in [0.05, 0.1) is 0 Å². The SMILES string of the molecule is CCC(C)N(C)CC1(C)CCNCC1. The van der Waals surface area contributed by atoms with E-state index in [0.29, 0.717) is 5.41 Å². The summed E-state index contributed by atoms with van der Waals surface area (Å²) in [4.78, 5) is 2.52. The minimum atomic E-state index is 0.545. The van der Waals surface area contributed by atoms with Crippen molar-refractivity contribution in [1.82, 2.24) is 10.2 Å². The summed E-state index contributed by atoms with van der Waals surface area (Å²) in [6, 6.07) is 0.724. The zero-order valence-electron chi connectivity index (χ0n) is 10.3. The second-order valence-electron chi connectivity index (χ2n) is 5.23. The number of nitrogens with one attached hydrogen (secondary N) is 1. The topological polar surface area (TPSA) is 15.3 Å². The van der Waals surface area contributed by atoms with Crippen LogP contribution in [0.25, 0.3) is 0 Å². The van der Waals surface area contributed by atoms with E-state index in [-0.39, 0.29) is 0 Å². The van der Waals surface area contributed by atoms with E-state index in [1.165, 1.54) is 38.9 Å². The van der Waals surface area contributed by atoms with Gasteiger partial charge in [0.15, 0.2) is 0 Å². The highest BCUT2D eigenvalue weighted by molar-refractivity contribution is 4.83. The fourth-order valence-electron chi connectivity index (χ4n) is 2.26. The summed E-state index contributed by atoms with van der Waals surface area (Å²) < 4.78 is 0. The second kappa shape index (κ2) is 5.13. The van der Waals surface area contributed by atoms with Crippen LogP contribution in [0, 0.1) is 5.41 Å². The maximum Gasteiger partial charge on any atom is 0.00614 e. The van der Waals surface area contributed by atoms with Gasteiger partial charge in [-0.25, -0.2) is 0 Å². The highest BCUT2D eigenvalue weighted by Crippen LogP contribution is 2.29. The Hall–Kier alpha value is -0.0800. The van der Waals surface area contributed by atoms with E-state index in [4.69, 9.17) is 0 Å². The van der Waals surface area contributed by atoms with Crippen LogP contribution in [-0.2, 0) is 0 Å². The molecule has 0 bridgehead atoms. The van der Waals surface area contributed by atoms with Crippen molar-refractivity contribution >= 4 is 0 Å². The molecular weight excluding hydrogens is 172 g/mol. The summed E-state index contributed by atoms with van der Waals surface area (Å²) in [7, 11) is 2.27. The smallest absolute Gasteiger partial charge is 0.00614 e. The van der Waals surface area contributed by atoms with E-state index < -0.39 is 0 Å². The molecule has 0 radical (unpaired) electrons. The standard InChI is InChI=1S/C12H26N2/c1-5-11(2)14(4)10-12(3)6-8-13-9-7-12/h11,13H,5-10H2,1-4H3. The Kier molecular flexibility index (Phi) is 4.39. The van der Waals surface area contributed by atoms with Crippen LogP contribution in [0.15, 0.2) is 0 Å². The summed E-state index contributed by atoms with van der Waals surface area (Å²) in [5.74, 6) is 0. The Balaban J connectivity index is 2.40. The second-order valence-corrected chi connectivity index (χ2v) is 5.23. The number of nitrogens with zero attached hydrogens (tertiary/aromatic N) is 1. The molecule has 0 aromatic heterocycles. The quantitative estimate of drug-likeness (QED) is 0.744. The fourth-order valence-corrected chi connectivity index (χ4v) is 2.26. The lowest BCUT2D eigenvalue weighted by molar-refractivity contribution is 0.120. The van der Waals surface area contributed by atoms with Gasteiger partial charge in [0, 0.05) is 12.6 Å². The number of hydrogen-bond acceptors (Lipinski definition) is 2. The molecule has 2 nitrogen and oxygen atoms in total. The monoisotopic (exact) mass is 198 g/mol. The van der Waals surface area contributed by atoms with Gasteiger partial charge in [0.2, 0.25) is 0 Å². The first kappa shape index (κ1) is 12.0. The maximum atomic E-state index is 3.44. The van der Waals surface area contributed by atoms with E-state index in [1.807, 2.05) is 0 Å². The molecule has 1 atom stereocenters. The first-order chi connectivity index (χ1) is 6.57. The van der Waals surface area contributed by atoms with Gasteiger partial charge in [-0.15, -0.1) is 0 Å². The highest BCUT2D eigenvalue weighted by atomic mass is 15.1. The van der Waals surface area contributed by atoms with Gasteiger partial charge in [-0.1, -0.05) is 13.8 Å². The van der Waals surface area contributed by atoms with Crippen molar-refractivity contribution < 1.29 is 0 Å². The molecule has 1 N–H and O–H groups in total. The van der Waals surface area contributed by atoms with Crippen molar-refractivity contribution in [3.8, 4) is 0 Å². The Morgan fingerprint density at radius 2 is 1.93 bits per heavy atom. The summed E-state index contributed by atoms with van der Waals surface area (Å²) in [6.07, 6.45) is 3.91. The predicted molar refractivity (Wildman–Crippen MR) is 62.6 cm³/mol. The molecular formula is C12H26N2. The number of rotatable bonds is 4. The van der Waals surface area contributed by atoms with E-state index in [0.717, 1.165) is 6.04 Å². The Morgan fingerprint density at radius 3 is 2.43 bits per heavy atom. The van der Waals surface area contributed by atoms with Crippen molar-refractivity contribution in [3.63, 3.8) is 0 Å². The van der Waals surface area contributed by atoms with E-state index >= 15 is 0 Å². The summed E-state index contributed by atoms with van der Waals surface area (Å²) >= 11 is 0. The minimum absolute atomic E-state index is 0.545. The van der Waals surface area contributed by atoms with Gasteiger partial charge < -0.3 is 10.2 Å². The average Bonchev–Trinajstić information content (AvgIpc) is 2.17. The van der Waals surface area contributed by atoms with Crippen LogP contribution in [0.1, 0.15) is 40.0 Å². The van der Waals surface area contributed by atoms with Gasteiger partial charge in [0.25, 0.3) is 0 Å². The van der Waals surface area contributed by atoms with Crippen LogP contribution >= 0.6 is 0 Å². The molecule has 1 fully saturated rings. The molecule has 0 aromatic carbocycles. The molecule has 84 valence electrons. The zero-order valence-corrected chi connectivity index (χ0v) is 10.3. The fraction of sp³-hybridized carbons (Fsp3) is 1.00. The molecule has 1 unspecified atom stereocenters. The number of piperidine rings is 1. The van der Waals surface area contributed by atoms with Crippen LogP contribution in [0.3, 0.4) is 0 Å². The third-order valence-corrected chi connectivity index (χ3v) is 3.79. The van der Waals surface area contributed by atoms with Gasteiger partial charge in [-0.3, -0.25) is 0 Å². The van der Waals surface area contributed by atoms with Crippen LogP contribution < -0.4 is 5.32 Å². The summed E-state index contributed by atoms with van der Waals surface area (Å²) in [5.41, 5.74) is 0.545. The summed E-state index contributed by atoms with van der Waals surface area (Å²) in [6.45, 7) is 10.7. The maximum absolute atomic E-state index is 3.44. The Bertz CT molecular complexity index is 162. The zero-order chi connectivity index (χ0) is 10.6. The van der Waals surface area contributed by atoms with E-state index in [9.17, 15) is 0 Å². The first-order valence-corrected chi connectivity index (χ1v) is 5.98. The average molecular weight is 198 g/mol. The molecule has 0 aromatic rings. The van der Waals surface area contributed by atoms with Crippen LogP contribution in [0.5, 0.6) is 0 Å². The normalized spacial score (nSPS) is 23.8. The molecule has 0 amide bonds. The largest absolute Gasteiger partial charge is 0.317 e. The Labute approximate surface area is 89.1 Å². The molecule has 14 heavy (non-hydrogen) atoms.